The largest absolute Gasteiger partial charge is 0.481 e. The lowest BCUT2D eigenvalue weighted by Gasteiger charge is -2.34. The van der Waals surface area contributed by atoms with Gasteiger partial charge in [0.15, 0.2) is 0 Å². The van der Waals surface area contributed by atoms with E-state index in [1.807, 2.05) is 0 Å². The van der Waals surface area contributed by atoms with Gasteiger partial charge in [0.2, 0.25) is 5.88 Å². The molecule has 1 fully saturated rings. The highest BCUT2D eigenvalue weighted by molar-refractivity contribution is 5.94. The molecule has 1 aromatic heterocycles. The molecule has 2 heterocycles. The van der Waals surface area contributed by atoms with E-state index >= 15 is 0 Å². The quantitative estimate of drug-likeness (QED) is 0.859. The van der Waals surface area contributed by atoms with Crippen molar-refractivity contribution in [1.29, 1.82) is 0 Å². The number of aromatic nitrogens is 1. The molecule has 0 saturated carbocycles. The van der Waals surface area contributed by atoms with E-state index < -0.39 is 12.0 Å². The van der Waals surface area contributed by atoms with Gasteiger partial charge < -0.3 is 19.5 Å². The van der Waals surface area contributed by atoms with Gasteiger partial charge in [-0.15, -0.1) is 0 Å². The molecule has 0 aliphatic carbocycles. The molecule has 1 atom stereocenters. The number of hydrogen-bond donors (Lipinski definition) is 1. The van der Waals surface area contributed by atoms with Crippen molar-refractivity contribution in [2.24, 2.45) is 0 Å². The summed E-state index contributed by atoms with van der Waals surface area (Å²) < 4.78 is 10.2. The average molecular weight is 280 g/mol. The number of carboxylic acid groups (broad SMARTS) is 1. The molecule has 0 bridgehead atoms. The number of methoxy groups -OCH3 is 1. The van der Waals surface area contributed by atoms with Crippen LogP contribution in [0.4, 0.5) is 0 Å². The summed E-state index contributed by atoms with van der Waals surface area (Å²) in [7, 11) is 1.49. The van der Waals surface area contributed by atoms with E-state index in [9.17, 15) is 9.59 Å². The number of carboxylic acids is 1. The van der Waals surface area contributed by atoms with Crippen LogP contribution in [0.15, 0.2) is 18.3 Å². The van der Waals surface area contributed by atoms with Crippen LogP contribution < -0.4 is 4.74 Å². The number of rotatable bonds is 4. The van der Waals surface area contributed by atoms with Gasteiger partial charge in [0.1, 0.15) is 0 Å². The van der Waals surface area contributed by atoms with Gasteiger partial charge in [-0.2, -0.15) is 0 Å². The second kappa shape index (κ2) is 6.33. The lowest BCUT2D eigenvalue weighted by Crippen LogP contribution is -2.49. The van der Waals surface area contributed by atoms with Crippen LogP contribution in [-0.4, -0.2) is 59.8 Å². The molecule has 20 heavy (non-hydrogen) atoms. The maximum Gasteiger partial charge on any atom is 0.305 e. The van der Waals surface area contributed by atoms with Crippen molar-refractivity contribution in [1.82, 2.24) is 9.88 Å². The lowest BCUT2D eigenvalue weighted by molar-refractivity contribution is -0.139. The Bertz CT molecular complexity index is 488. The molecule has 108 valence electrons. The van der Waals surface area contributed by atoms with Crippen molar-refractivity contribution < 1.29 is 24.2 Å². The number of carbonyl (C=O) groups excluding carboxylic acids is 1. The minimum absolute atomic E-state index is 0.130. The summed E-state index contributed by atoms with van der Waals surface area (Å²) in [6.07, 6.45) is 1.30. The first-order chi connectivity index (χ1) is 9.61. The van der Waals surface area contributed by atoms with Crippen LogP contribution in [0.3, 0.4) is 0 Å². The summed E-state index contributed by atoms with van der Waals surface area (Å²) in [5.74, 6) is -0.772. The first-order valence-electron chi connectivity index (χ1n) is 6.22. The van der Waals surface area contributed by atoms with E-state index in [4.69, 9.17) is 14.6 Å². The molecule has 2 rings (SSSR count). The zero-order chi connectivity index (χ0) is 14.5. The number of pyridine rings is 1. The van der Waals surface area contributed by atoms with Gasteiger partial charge >= 0.3 is 5.97 Å². The summed E-state index contributed by atoms with van der Waals surface area (Å²) >= 11 is 0. The van der Waals surface area contributed by atoms with Crippen molar-refractivity contribution in [2.45, 2.75) is 12.5 Å². The Hall–Kier alpha value is -2.15. The minimum atomic E-state index is -0.953. The van der Waals surface area contributed by atoms with Crippen LogP contribution in [0.2, 0.25) is 0 Å². The lowest BCUT2D eigenvalue weighted by atomic mass is 10.1. The van der Waals surface area contributed by atoms with Crippen molar-refractivity contribution in [3.63, 3.8) is 0 Å². The zero-order valence-electron chi connectivity index (χ0n) is 11.1. The monoisotopic (exact) mass is 280 g/mol. The summed E-state index contributed by atoms with van der Waals surface area (Å²) in [4.78, 5) is 28.7. The van der Waals surface area contributed by atoms with Gasteiger partial charge in [-0.1, -0.05) is 0 Å². The smallest absolute Gasteiger partial charge is 0.305 e. The third-order valence-corrected chi connectivity index (χ3v) is 3.09. The summed E-state index contributed by atoms with van der Waals surface area (Å²) in [5.41, 5.74) is 0.406. The van der Waals surface area contributed by atoms with Gasteiger partial charge in [-0.3, -0.25) is 9.59 Å². The van der Waals surface area contributed by atoms with E-state index in [2.05, 4.69) is 4.98 Å². The first kappa shape index (κ1) is 14.3. The summed E-state index contributed by atoms with van der Waals surface area (Å²) in [5, 5.41) is 8.88. The van der Waals surface area contributed by atoms with Crippen LogP contribution in [0.25, 0.3) is 0 Å². The third kappa shape index (κ3) is 3.24. The molecule has 1 aliphatic heterocycles. The van der Waals surface area contributed by atoms with Gasteiger partial charge in [0, 0.05) is 18.8 Å². The van der Waals surface area contributed by atoms with E-state index in [1.54, 1.807) is 12.1 Å². The molecule has 0 spiro atoms. The van der Waals surface area contributed by atoms with Crippen LogP contribution in [0, 0.1) is 0 Å². The highest BCUT2D eigenvalue weighted by Crippen LogP contribution is 2.16. The van der Waals surface area contributed by atoms with Crippen molar-refractivity contribution in [2.75, 3.05) is 26.9 Å². The Morgan fingerprint density at radius 2 is 2.35 bits per heavy atom. The van der Waals surface area contributed by atoms with Crippen molar-refractivity contribution in [3.05, 3.63) is 23.9 Å². The fraction of sp³-hybridized carbons (Fsp3) is 0.462. The number of nitrogens with zero attached hydrogens (tertiary/aromatic N) is 2. The van der Waals surface area contributed by atoms with Gasteiger partial charge in [0.25, 0.3) is 5.91 Å². The van der Waals surface area contributed by atoms with Gasteiger partial charge in [-0.25, -0.2) is 4.98 Å². The maximum atomic E-state index is 12.4. The number of carbonyl (C=O) groups is 2. The number of amides is 1. The molecule has 0 aromatic carbocycles. The molecule has 7 nitrogen and oxygen atoms in total. The molecule has 1 aromatic rings. The molecule has 1 unspecified atom stereocenters. The molecule has 1 saturated heterocycles. The Balaban J connectivity index is 2.13. The zero-order valence-corrected chi connectivity index (χ0v) is 11.1. The van der Waals surface area contributed by atoms with Crippen LogP contribution >= 0.6 is 0 Å². The molecule has 0 radical (unpaired) electrons. The average Bonchev–Trinajstić information content (AvgIpc) is 2.46. The fourth-order valence-corrected chi connectivity index (χ4v) is 2.09. The Kier molecular flexibility index (Phi) is 4.52. The Morgan fingerprint density at radius 1 is 1.55 bits per heavy atom. The molecule has 1 aliphatic rings. The predicted molar refractivity (Wildman–Crippen MR) is 68.7 cm³/mol. The standard InChI is InChI=1S/C13H16N2O5/c1-19-11-3-2-9(7-14-11)13(18)15-4-5-20-8-10(15)6-12(16)17/h2-3,7,10H,4-6,8H2,1H3,(H,16,17). The first-order valence-corrected chi connectivity index (χ1v) is 6.22. The van der Waals surface area contributed by atoms with Crippen molar-refractivity contribution >= 4 is 11.9 Å². The predicted octanol–water partition coefficient (Wildman–Crippen LogP) is 0.406. The van der Waals surface area contributed by atoms with Crippen LogP contribution in [0.5, 0.6) is 5.88 Å². The fourth-order valence-electron chi connectivity index (χ4n) is 2.09. The van der Waals surface area contributed by atoms with E-state index in [0.717, 1.165) is 0 Å². The normalized spacial score (nSPS) is 18.6. The second-order valence-corrected chi connectivity index (χ2v) is 4.41. The topological polar surface area (TPSA) is 89.0 Å². The molecule has 7 heteroatoms. The highest BCUT2D eigenvalue weighted by atomic mass is 16.5. The minimum Gasteiger partial charge on any atom is -0.481 e. The van der Waals surface area contributed by atoms with E-state index in [0.29, 0.717) is 24.6 Å². The Morgan fingerprint density at radius 3 is 2.95 bits per heavy atom. The van der Waals surface area contributed by atoms with Gasteiger partial charge in [0.05, 0.1) is 38.3 Å². The summed E-state index contributed by atoms with van der Waals surface area (Å²) in [6.45, 7) is 1.02. The number of aliphatic carboxylic acids is 1. The highest BCUT2D eigenvalue weighted by Gasteiger charge is 2.29. The molecule has 1 N–H and O–H groups in total. The van der Waals surface area contributed by atoms with Crippen LogP contribution in [-0.2, 0) is 9.53 Å². The van der Waals surface area contributed by atoms with Crippen LogP contribution in [0.1, 0.15) is 16.8 Å². The third-order valence-electron chi connectivity index (χ3n) is 3.09. The summed E-state index contributed by atoms with van der Waals surface area (Å²) in [6, 6.07) is 2.76. The van der Waals surface area contributed by atoms with Gasteiger partial charge in [-0.05, 0) is 6.07 Å². The number of morpholine rings is 1. The number of ether oxygens (including phenoxy) is 2. The molecular formula is C13H16N2O5. The number of hydrogen-bond acceptors (Lipinski definition) is 5. The van der Waals surface area contributed by atoms with Crippen molar-refractivity contribution in [3.8, 4) is 5.88 Å². The SMILES string of the molecule is COc1ccc(C(=O)N2CCOCC2CC(=O)O)cn1. The molecule has 1 amide bonds. The van der Waals surface area contributed by atoms with E-state index in [1.165, 1.54) is 18.2 Å². The molecular weight excluding hydrogens is 264 g/mol. The van der Waals surface area contributed by atoms with E-state index in [-0.39, 0.29) is 18.9 Å². The second-order valence-electron chi connectivity index (χ2n) is 4.41. The Labute approximate surface area is 116 Å². The maximum absolute atomic E-state index is 12.4.